The first-order valence-electron chi connectivity index (χ1n) is 4.87. The number of carboxylic acid groups (broad SMARTS) is 1. The van der Waals surface area contributed by atoms with Crippen LogP contribution in [0.4, 0.5) is 13.2 Å². The zero-order valence-electron chi connectivity index (χ0n) is 8.88. The van der Waals surface area contributed by atoms with Gasteiger partial charge in [0, 0.05) is 13.2 Å². The van der Waals surface area contributed by atoms with Crippen molar-refractivity contribution >= 4 is 5.97 Å². The lowest BCUT2D eigenvalue weighted by molar-refractivity contribution is -0.178. The number of likely N-dealkylation sites (N-methyl/N-ethyl adjacent to an activating group) is 1. The molecule has 0 radical (unpaired) electrons. The molecule has 0 aromatic carbocycles. The number of hydrogen-bond acceptors (Lipinski definition) is 3. The van der Waals surface area contributed by atoms with E-state index in [2.05, 4.69) is 0 Å². The number of aliphatic carboxylic acids is 1. The molecule has 0 saturated carbocycles. The van der Waals surface area contributed by atoms with Crippen LogP contribution in [0.5, 0.6) is 0 Å². The molecular formula is C9H14F3NO3. The van der Waals surface area contributed by atoms with Crippen molar-refractivity contribution in [2.45, 2.75) is 24.6 Å². The maximum absolute atomic E-state index is 12.2. The minimum absolute atomic E-state index is 0.0783. The summed E-state index contributed by atoms with van der Waals surface area (Å²) < 4.78 is 41.7. The summed E-state index contributed by atoms with van der Waals surface area (Å²) >= 11 is 0. The van der Waals surface area contributed by atoms with Crippen molar-refractivity contribution in [1.29, 1.82) is 0 Å². The summed E-state index contributed by atoms with van der Waals surface area (Å²) in [5, 5.41) is 9.09. The van der Waals surface area contributed by atoms with Gasteiger partial charge in [0.1, 0.15) is 5.54 Å². The molecule has 0 atom stereocenters. The summed E-state index contributed by atoms with van der Waals surface area (Å²) in [6.07, 6.45) is -4.24. The van der Waals surface area contributed by atoms with Gasteiger partial charge in [-0.15, -0.1) is 0 Å². The molecule has 0 bridgehead atoms. The van der Waals surface area contributed by atoms with Crippen molar-refractivity contribution in [3.63, 3.8) is 0 Å². The molecule has 0 unspecified atom stereocenters. The minimum atomic E-state index is -4.39. The van der Waals surface area contributed by atoms with Crippen LogP contribution in [-0.4, -0.2) is 54.5 Å². The fraction of sp³-hybridized carbons (Fsp3) is 0.889. The highest BCUT2D eigenvalue weighted by Gasteiger charge is 2.47. The Morgan fingerprint density at radius 2 is 1.94 bits per heavy atom. The third-order valence-electron chi connectivity index (χ3n) is 2.87. The molecule has 0 amide bonds. The van der Waals surface area contributed by atoms with Gasteiger partial charge in [0.25, 0.3) is 0 Å². The molecule has 1 fully saturated rings. The predicted octanol–water partition coefficient (Wildman–Crippen LogP) is 1.11. The van der Waals surface area contributed by atoms with Crippen LogP contribution in [0.1, 0.15) is 12.8 Å². The van der Waals surface area contributed by atoms with Gasteiger partial charge in [0.05, 0.1) is 6.54 Å². The van der Waals surface area contributed by atoms with Gasteiger partial charge < -0.3 is 9.84 Å². The zero-order valence-corrected chi connectivity index (χ0v) is 8.88. The van der Waals surface area contributed by atoms with Gasteiger partial charge in [0.2, 0.25) is 0 Å². The monoisotopic (exact) mass is 241 g/mol. The Balaban J connectivity index is 2.80. The quantitative estimate of drug-likeness (QED) is 0.804. The fourth-order valence-electron chi connectivity index (χ4n) is 1.89. The van der Waals surface area contributed by atoms with Gasteiger partial charge in [-0.05, 0) is 19.9 Å². The number of alkyl halides is 3. The van der Waals surface area contributed by atoms with Gasteiger partial charge >= 0.3 is 12.1 Å². The van der Waals surface area contributed by atoms with Crippen LogP contribution in [0.15, 0.2) is 0 Å². The Hall–Kier alpha value is -0.820. The molecule has 0 aliphatic carbocycles. The highest BCUT2D eigenvalue weighted by molar-refractivity contribution is 5.78. The Morgan fingerprint density at radius 1 is 1.44 bits per heavy atom. The van der Waals surface area contributed by atoms with Gasteiger partial charge in [-0.2, -0.15) is 13.2 Å². The van der Waals surface area contributed by atoms with Crippen LogP contribution in [0, 0.1) is 0 Å². The Morgan fingerprint density at radius 3 is 2.31 bits per heavy atom. The van der Waals surface area contributed by atoms with Crippen molar-refractivity contribution in [2.75, 3.05) is 26.8 Å². The molecule has 0 aromatic heterocycles. The first-order valence-corrected chi connectivity index (χ1v) is 4.87. The molecule has 1 heterocycles. The normalized spacial score (nSPS) is 21.1. The third kappa shape index (κ3) is 2.85. The Labute approximate surface area is 91.0 Å². The highest BCUT2D eigenvalue weighted by Crippen LogP contribution is 2.30. The molecule has 16 heavy (non-hydrogen) atoms. The summed E-state index contributed by atoms with van der Waals surface area (Å²) in [5.74, 6) is -1.22. The van der Waals surface area contributed by atoms with Crippen LogP contribution in [0.2, 0.25) is 0 Å². The van der Waals surface area contributed by atoms with E-state index < -0.39 is 24.2 Å². The lowest BCUT2D eigenvalue weighted by atomic mass is 9.88. The highest BCUT2D eigenvalue weighted by atomic mass is 19.4. The van der Waals surface area contributed by atoms with Crippen molar-refractivity contribution in [2.24, 2.45) is 0 Å². The number of carboxylic acids is 1. The molecular weight excluding hydrogens is 227 g/mol. The standard InChI is InChI=1S/C9H14F3NO3/c1-13(6-9(10,11)12)8(7(14)15)2-4-16-5-3-8/h2-6H2,1H3,(H,14,15). The molecule has 0 aromatic rings. The van der Waals surface area contributed by atoms with E-state index in [1.807, 2.05) is 0 Å². The van der Waals surface area contributed by atoms with E-state index in [0.717, 1.165) is 4.90 Å². The fourth-order valence-corrected chi connectivity index (χ4v) is 1.89. The van der Waals surface area contributed by atoms with Gasteiger partial charge in [0.15, 0.2) is 0 Å². The Bertz CT molecular complexity index is 261. The van der Waals surface area contributed by atoms with E-state index in [0.29, 0.717) is 0 Å². The van der Waals surface area contributed by atoms with Crippen molar-refractivity contribution < 1.29 is 27.8 Å². The lowest BCUT2D eigenvalue weighted by Gasteiger charge is -2.40. The summed E-state index contributed by atoms with van der Waals surface area (Å²) in [4.78, 5) is 12.0. The topological polar surface area (TPSA) is 49.8 Å². The number of ether oxygens (including phenoxy) is 1. The van der Waals surface area contributed by atoms with Crippen LogP contribution >= 0.6 is 0 Å². The molecule has 1 rings (SSSR count). The minimum Gasteiger partial charge on any atom is -0.480 e. The molecule has 0 spiro atoms. The SMILES string of the molecule is CN(CC(F)(F)F)C1(C(=O)O)CCOCC1. The second-order valence-electron chi connectivity index (χ2n) is 3.92. The summed E-state index contributed by atoms with van der Waals surface area (Å²) in [6.45, 7) is -0.873. The summed E-state index contributed by atoms with van der Waals surface area (Å²) in [7, 11) is 1.19. The van der Waals surface area contributed by atoms with E-state index >= 15 is 0 Å². The first kappa shape index (κ1) is 13.2. The molecule has 1 aliphatic heterocycles. The number of nitrogens with zero attached hydrogens (tertiary/aromatic N) is 1. The van der Waals surface area contributed by atoms with E-state index in [1.165, 1.54) is 7.05 Å². The van der Waals surface area contributed by atoms with E-state index in [9.17, 15) is 18.0 Å². The number of halogens is 3. The number of rotatable bonds is 3. The van der Waals surface area contributed by atoms with E-state index in [-0.39, 0.29) is 26.1 Å². The summed E-state index contributed by atoms with van der Waals surface area (Å²) in [5.41, 5.74) is -1.45. The van der Waals surface area contributed by atoms with Crippen LogP contribution in [0.25, 0.3) is 0 Å². The van der Waals surface area contributed by atoms with E-state index in [1.54, 1.807) is 0 Å². The average molecular weight is 241 g/mol. The molecule has 1 N–H and O–H groups in total. The molecule has 1 aliphatic rings. The second-order valence-corrected chi connectivity index (χ2v) is 3.92. The number of carbonyl (C=O) groups is 1. The van der Waals surface area contributed by atoms with Crippen molar-refractivity contribution in [3.8, 4) is 0 Å². The predicted molar refractivity (Wildman–Crippen MR) is 49.1 cm³/mol. The lowest BCUT2D eigenvalue weighted by Crippen LogP contribution is -2.58. The van der Waals surface area contributed by atoms with Crippen molar-refractivity contribution in [3.05, 3.63) is 0 Å². The van der Waals surface area contributed by atoms with Gasteiger partial charge in [-0.3, -0.25) is 9.69 Å². The van der Waals surface area contributed by atoms with Crippen LogP contribution in [0.3, 0.4) is 0 Å². The van der Waals surface area contributed by atoms with Crippen molar-refractivity contribution in [1.82, 2.24) is 4.90 Å². The number of hydrogen-bond donors (Lipinski definition) is 1. The molecule has 1 saturated heterocycles. The average Bonchev–Trinajstić information content (AvgIpc) is 2.16. The van der Waals surface area contributed by atoms with E-state index in [4.69, 9.17) is 9.84 Å². The van der Waals surface area contributed by atoms with Gasteiger partial charge in [-0.1, -0.05) is 0 Å². The maximum Gasteiger partial charge on any atom is 0.401 e. The van der Waals surface area contributed by atoms with Crippen LogP contribution in [-0.2, 0) is 9.53 Å². The zero-order chi connectivity index (χ0) is 12.4. The first-order chi connectivity index (χ1) is 7.28. The molecule has 94 valence electrons. The van der Waals surface area contributed by atoms with Gasteiger partial charge in [-0.25, -0.2) is 0 Å². The molecule has 4 nitrogen and oxygen atoms in total. The molecule has 7 heteroatoms. The maximum atomic E-state index is 12.2. The smallest absolute Gasteiger partial charge is 0.401 e. The Kier molecular flexibility index (Phi) is 3.80. The second kappa shape index (κ2) is 4.58. The summed E-state index contributed by atoms with van der Waals surface area (Å²) in [6, 6.07) is 0. The third-order valence-corrected chi connectivity index (χ3v) is 2.87. The van der Waals surface area contributed by atoms with Crippen LogP contribution < -0.4 is 0 Å². The largest absolute Gasteiger partial charge is 0.480 e.